The van der Waals surface area contributed by atoms with Crippen molar-refractivity contribution in [2.24, 2.45) is 0 Å². The van der Waals surface area contributed by atoms with Gasteiger partial charge < -0.3 is 10.2 Å². The zero-order chi connectivity index (χ0) is 14.5. The fourth-order valence-corrected chi connectivity index (χ4v) is 3.00. The molecule has 0 aromatic carbocycles. The van der Waals surface area contributed by atoms with Gasteiger partial charge in [-0.3, -0.25) is 4.79 Å². The summed E-state index contributed by atoms with van der Waals surface area (Å²) in [7, 11) is 0. The number of amides is 1. The highest BCUT2D eigenvalue weighted by Gasteiger charge is 2.19. The number of thiazole rings is 1. The first-order valence-corrected chi connectivity index (χ1v) is 8.00. The second kappa shape index (κ2) is 6.62. The van der Waals surface area contributed by atoms with Crippen LogP contribution >= 0.6 is 11.3 Å². The minimum Gasteiger partial charge on any atom is -0.337 e. The van der Waals surface area contributed by atoms with Crippen LogP contribution in [0.25, 0.3) is 0 Å². The number of likely N-dealkylation sites (tertiary alicyclic amines) is 1. The third-order valence-corrected chi connectivity index (χ3v) is 4.16. The Morgan fingerprint density at radius 2 is 1.86 bits per heavy atom. The molecule has 6 nitrogen and oxygen atoms in total. The maximum atomic E-state index is 12.4. The van der Waals surface area contributed by atoms with Crippen LogP contribution in [0.2, 0.25) is 0 Å². The lowest BCUT2D eigenvalue weighted by Gasteiger charge is -2.18. The Bertz CT molecular complexity index is 592. The van der Waals surface area contributed by atoms with Gasteiger partial charge in [-0.2, -0.15) is 0 Å². The van der Waals surface area contributed by atoms with Crippen LogP contribution in [0, 0.1) is 0 Å². The lowest BCUT2D eigenvalue weighted by molar-refractivity contribution is 0.0756. The number of nitrogens with zero attached hydrogens (tertiary/aromatic N) is 4. The maximum absolute atomic E-state index is 12.4. The molecule has 3 heterocycles. The summed E-state index contributed by atoms with van der Waals surface area (Å²) in [5.41, 5.74) is 0.500. The summed E-state index contributed by atoms with van der Waals surface area (Å²) in [5, 5.41) is 5.44. The highest BCUT2D eigenvalue weighted by atomic mass is 32.1. The second-order valence-corrected chi connectivity index (χ2v) is 5.80. The van der Waals surface area contributed by atoms with E-state index in [1.807, 2.05) is 4.90 Å². The molecular formula is C14H17N5OS. The molecule has 2 aromatic rings. The van der Waals surface area contributed by atoms with E-state index < -0.39 is 0 Å². The molecule has 1 N–H and O–H groups in total. The lowest BCUT2D eigenvalue weighted by atomic mass is 10.2. The van der Waals surface area contributed by atoms with Crippen LogP contribution in [-0.2, 0) is 0 Å². The average Bonchev–Trinajstić information content (AvgIpc) is 2.81. The van der Waals surface area contributed by atoms with E-state index in [1.54, 1.807) is 23.8 Å². The Hall–Kier alpha value is -2.02. The molecule has 1 fully saturated rings. The number of rotatable bonds is 3. The molecule has 0 bridgehead atoms. The molecule has 0 saturated carbocycles. The summed E-state index contributed by atoms with van der Waals surface area (Å²) < 4.78 is 0. The van der Waals surface area contributed by atoms with Crippen molar-refractivity contribution in [3.63, 3.8) is 0 Å². The summed E-state index contributed by atoms with van der Waals surface area (Å²) in [6.45, 7) is 1.67. The smallest absolute Gasteiger partial charge is 0.273 e. The van der Waals surface area contributed by atoms with Crippen LogP contribution in [0.3, 0.4) is 0 Å². The van der Waals surface area contributed by atoms with Crippen molar-refractivity contribution in [1.29, 1.82) is 0 Å². The third-order valence-electron chi connectivity index (χ3n) is 3.40. The average molecular weight is 303 g/mol. The minimum atomic E-state index is 0.0233. The first kappa shape index (κ1) is 13.9. The lowest BCUT2D eigenvalue weighted by Crippen LogP contribution is -2.32. The van der Waals surface area contributed by atoms with E-state index in [4.69, 9.17) is 0 Å². The molecule has 0 radical (unpaired) electrons. The second-order valence-electron chi connectivity index (χ2n) is 4.94. The molecule has 2 aromatic heterocycles. The van der Waals surface area contributed by atoms with Gasteiger partial charge in [0, 0.05) is 30.9 Å². The van der Waals surface area contributed by atoms with Gasteiger partial charge in [-0.25, -0.2) is 15.0 Å². The number of nitrogens with one attached hydrogen (secondary N) is 1. The normalized spacial score (nSPS) is 15.5. The standard InChI is InChI=1S/C14H17N5OS/c20-12(19-8-3-1-2-4-9-19)11-10-21-14(17-11)18-13-15-6-5-7-16-13/h5-7,10H,1-4,8-9H2,(H,15,16,17,18). The van der Waals surface area contributed by atoms with E-state index in [9.17, 15) is 4.79 Å². The first-order chi connectivity index (χ1) is 10.3. The van der Waals surface area contributed by atoms with Crippen LogP contribution in [0.4, 0.5) is 11.1 Å². The van der Waals surface area contributed by atoms with E-state index in [0.717, 1.165) is 25.9 Å². The maximum Gasteiger partial charge on any atom is 0.273 e. The molecule has 1 saturated heterocycles. The zero-order valence-electron chi connectivity index (χ0n) is 11.7. The van der Waals surface area contributed by atoms with E-state index in [1.165, 1.54) is 24.2 Å². The molecule has 3 rings (SSSR count). The van der Waals surface area contributed by atoms with Gasteiger partial charge in [0.15, 0.2) is 5.13 Å². The van der Waals surface area contributed by atoms with Gasteiger partial charge in [0.05, 0.1) is 0 Å². The number of aromatic nitrogens is 3. The molecule has 110 valence electrons. The van der Waals surface area contributed by atoms with Crippen LogP contribution in [0.5, 0.6) is 0 Å². The molecule has 0 unspecified atom stereocenters. The van der Waals surface area contributed by atoms with Gasteiger partial charge >= 0.3 is 0 Å². The number of carbonyl (C=O) groups is 1. The summed E-state index contributed by atoms with van der Waals surface area (Å²) in [6.07, 6.45) is 7.90. The summed E-state index contributed by atoms with van der Waals surface area (Å²) in [5.74, 6) is 0.510. The van der Waals surface area contributed by atoms with Gasteiger partial charge in [-0.15, -0.1) is 11.3 Å². The molecule has 0 spiro atoms. The topological polar surface area (TPSA) is 71.0 Å². The molecule has 1 amide bonds. The predicted molar refractivity (Wildman–Crippen MR) is 81.8 cm³/mol. The summed E-state index contributed by atoms with van der Waals surface area (Å²) in [6, 6.07) is 1.75. The van der Waals surface area contributed by atoms with Crippen LogP contribution in [-0.4, -0.2) is 38.8 Å². The Balaban J connectivity index is 1.67. The van der Waals surface area contributed by atoms with Crippen LogP contribution in [0.15, 0.2) is 23.8 Å². The van der Waals surface area contributed by atoms with Crippen molar-refractivity contribution in [3.05, 3.63) is 29.5 Å². The van der Waals surface area contributed by atoms with Crippen molar-refractivity contribution in [1.82, 2.24) is 19.9 Å². The van der Waals surface area contributed by atoms with E-state index >= 15 is 0 Å². The van der Waals surface area contributed by atoms with E-state index in [-0.39, 0.29) is 5.91 Å². The third kappa shape index (κ3) is 3.55. The highest BCUT2D eigenvalue weighted by Crippen LogP contribution is 2.20. The first-order valence-electron chi connectivity index (χ1n) is 7.12. The van der Waals surface area contributed by atoms with Crippen LogP contribution in [0.1, 0.15) is 36.2 Å². The summed E-state index contributed by atoms with van der Waals surface area (Å²) in [4.78, 5) is 26.8. The molecule has 0 atom stereocenters. The van der Waals surface area contributed by atoms with Crippen molar-refractivity contribution in [3.8, 4) is 0 Å². The zero-order valence-corrected chi connectivity index (χ0v) is 12.5. The number of carbonyl (C=O) groups excluding carboxylic acids is 1. The number of anilines is 2. The minimum absolute atomic E-state index is 0.0233. The Morgan fingerprint density at radius 1 is 1.14 bits per heavy atom. The predicted octanol–water partition coefficient (Wildman–Crippen LogP) is 2.69. The molecule has 0 aliphatic carbocycles. The van der Waals surface area contributed by atoms with Crippen molar-refractivity contribution < 1.29 is 4.79 Å². The van der Waals surface area contributed by atoms with Crippen LogP contribution < -0.4 is 5.32 Å². The molecule has 21 heavy (non-hydrogen) atoms. The fourth-order valence-electron chi connectivity index (χ4n) is 2.32. The van der Waals surface area contributed by atoms with Crippen molar-refractivity contribution >= 4 is 28.3 Å². The Labute approximate surface area is 127 Å². The van der Waals surface area contributed by atoms with Gasteiger partial charge in [-0.1, -0.05) is 12.8 Å². The van der Waals surface area contributed by atoms with Gasteiger partial charge in [0.2, 0.25) is 5.95 Å². The molecule has 1 aliphatic heterocycles. The van der Waals surface area contributed by atoms with Gasteiger partial charge in [0.1, 0.15) is 5.69 Å². The summed E-state index contributed by atoms with van der Waals surface area (Å²) >= 11 is 1.39. The fraction of sp³-hybridized carbons (Fsp3) is 0.429. The highest BCUT2D eigenvalue weighted by molar-refractivity contribution is 7.14. The SMILES string of the molecule is O=C(c1csc(Nc2ncccn2)n1)N1CCCCCC1. The molecule has 7 heteroatoms. The Kier molecular flexibility index (Phi) is 4.40. The van der Waals surface area contributed by atoms with E-state index in [2.05, 4.69) is 20.3 Å². The molecular weight excluding hydrogens is 286 g/mol. The Morgan fingerprint density at radius 3 is 2.57 bits per heavy atom. The largest absolute Gasteiger partial charge is 0.337 e. The van der Waals surface area contributed by atoms with Crippen molar-refractivity contribution in [2.75, 3.05) is 18.4 Å². The van der Waals surface area contributed by atoms with Crippen molar-refractivity contribution in [2.45, 2.75) is 25.7 Å². The monoisotopic (exact) mass is 303 g/mol. The number of hydrogen-bond donors (Lipinski definition) is 1. The van der Waals surface area contributed by atoms with Gasteiger partial charge in [0.25, 0.3) is 5.91 Å². The number of hydrogen-bond acceptors (Lipinski definition) is 6. The van der Waals surface area contributed by atoms with Gasteiger partial charge in [-0.05, 0) is 18.9 Å². The molecule has 1 aliphatic rings. The van der Waals surface area contributed by atoms with E-state index in [0.29, 0.717) is 16.8 Å². The quantitative estimate of drug-likeness (QED) is 0.944.